The molecule has 6 heteroatoms. The van der Waals surface area contributed by atoms with Crippen LogP contribution in [0.3, 0.4) is 0 Å². The summed E-state index contributed by atoms with van der Waals surface area (Å²) >= 11 is 0. The Bertz CT molecular complexity index is 677. The predicted octanol–water partition coefficient (Wildman–Crippen LogP) is 3.39. The van der Waals surface area contributed by atoms with E-state index in [4.69, 9.17) is 0 Å². The summed E-state index contributed by atoms with van der Waals surface area (Å²) in [5, 5.41) is 19.0. The Morgan fingerprint density at radius 1 is 1.33 bits per heavy atom. The van der Waals surface area contributed by atoms with Crippen molar-refractivity contribution in [2.45, 2.75) is 34.1 Å². The molecule has 0 aliphatic heterocycles. The van der Waals surface area contributed by atoms with E-state index < -0.39 is 0 Å². The molecule has 0 bridgehead atoms. The molecule has 0 amide bonds. The first-order valence-corrected chi connectivity index (χ1v) is 7.07. The fraction of sp³-hybridized carbons (Fsp3) is 0.400. The standard InChI is InChI=1S/C15H20N4O2/c1-5-12-10(3)17-18(11(12)4)14-9-7-8-13(16-6-2)15(14)19(20)21/h7-9,16H,5-6H2,1-4H3. The Morgan fingerprint density at radius 3 is 2.57 bits per heavy atom. The first-order valence-electron chi connectivity index (χ1n) is 7.07. The van der Waals surface area contributed by atoms with Crippen LogP contribution in [0.25, 0.3) is 5.69 Å². The summed E-state index contributed by atoms with van der Waals surface area (Å²) < 4.78 is 1.67. The minimum Gasteiger partial charge on any atom is -0.380 e. The van der Waals surface area contributed by atoms with E-state index in [1.807, 2.05) is 26.8 Å². The average Bonchev–Trinajstić information content (AvgIpc) is 2.73. The van der Waals surface area contributed by atoms with E-state index in [9.17, 15) is 10.1 Å². The predicted molar refractivity (Wildman–Crippen MR) is 83.2 cm³/mol. The van der Waals surface area contributed by atoms with E-state index in [0.29, 0.717) is 17.9 Å². The van der Waals surface area contributed by atoms with Crippen molar-refractivity contribution in [3.8, 4) is 5.69 Å². The summed E-state index contributed by atoms with van der Waals surface area (Å²) in [6.45, 7) is 8.48. The first kappa shape index (κ1) is 15.0. The van der Waals surface area contributed by atoms with Crippen LogP contribution >= 0.6 is 0 Å². The molecule has 1 aromatic heterocycles. The molecule has 0 unspecified atom stereocenters. The van der Waals surface area contributed by atoms with Crippen LogP contribution < -0.4 is 5.32 Å². The Morgan fingerprint density at radius 2 is 2.05 bits per heavy atom. The largest absolute Gasteiger partial charge is 0.380 e. The third-order valence-corrected chi connectivity index (χ3v) is 3.59. The summed E-state index contributed by atoms with van der Waals surface area (Å²) in [5.41, 5.74) is 4.08. The Labute approximate surface area is 123 Å². The van der Waals surface area contributed by atoms with Gasteiger partial charge in [-0.05, 0) is 44.9 Å². The smallest absolute Gasteiger partial charge is 0.317 e. The van der Waals surface area contributed by atoms with E-state index >= 15 is 0 Å². The van der Waals surface area contributed by atoms with Crippen molar-refractivity contribution in [1.29, 1.82) is 0 Å². The fourth-order valence-corrected chi connectivity index (χ4v) is 2.65. The van der Waals surface area contributed by atoms with E-state index in [1.165, 1.54) is 0 Å². The number of benzene rings is 1. The van der Waals surface area contributed by atoms with Crippen LogP contribution in [0.4, 0.5) is 11.4 Å². The number of rotatable bonds is 5. The van der Waals surface area contributed by atoms with E-state index in [0.717, 1.165) is 23.4 Å². The van der Waals surface area contributed by atoms with Gasteiger partial charge in [0.1, 0.15) is 11.4 Å². The molecule has 0 aliphatic rings. The van der Waals surface area contributed by atoms with Crippen molar-refractivity contribution in [3.05, 3.63) is 45.3 Å². The molecule has 6 nitrogen and oxygen atoms in total. The van der Waals surface area contributed by atoms with E-state index in [2.05, 4.69) is 17.3 Å². The second-order valence-corrected chi connectivity index (χ2v) is 4.88. The maximum Gasteiger partial charge on any atom is 0.317 e. The van der Waals surface area contributed by atoms with Crippen molar-refractivity contribution >= 4 is 11.4 Å². The molecule has 1 aromatic carbocycles. The number of anilines is 1. The van der Waals surface area contributed by atoms with E-state index in [-0.39, 0.29) is 10.6 Å². The fourth-order valence-electron chi connectivity index (χ4n) is 2.65. The van der Waals surface area contributed by atoms with E-state index in [1.54, 1.807) is 16.8 Å². The molecular formula is C15H20N4O2. The second-order valence-electron chi connectivity index (χ2n) is 4.88. The minimum absolute atomic E-state index is 0.0626. The molecule has 0 saturated carbocycles. The summed E-state index contributed by atoms with van der Waals surface area (Å²) in [6.07, 6.45) is 0.859. The number of para-hydroxylation sites is 1. The van der Waals surface area contributed by atoms with Gasteiger partial charge in [0.05, 0.1) is 10.6 Å². The molecule has 2 aromatic rings. The highest BCUT2D eigenvalue weighted by Crippen LogP contribution is 2.32. The van der Waals surface area contributed by atoms with Gasteiger partial charge in [0.25, 0.3) is 0 Å². The number of nitrogens with one attached hydrogen (secondary N) is 1. The van der Waals surface area contributed by atoms with Crippen LogP contribution in [0.5, 0.6) is 0 Å². The Balaban J connectivity index is 2.69. The summed E-state index contributed by atoms with van der Waals surface area (Å²) in [6, 6.07) is 5.26. The van der Waals surface area contributed by atoms with Gasteiger partial charge in [-0.25, -0.2) is 4.68 Å². The van der Waals surface area contributed by atoms with Crippen LogP contribution in [-0.4, -0.2) is 21.2 Å². The summed E-state index contributed by atoms with van der Waals surface area (Å²) in [4.78, 5) is 11.1. The van der Waals surface area contributed by atoms with Crippen LogP contribution in [0.1, 0.15) is 30.8 Å². The zero-order valence-corrected chi connectivity index (χ0v) is 12.8. The lowest BCUT2D eigenvalue weighted by Crippen LogP contribution is -2.07. The van der Waals surface area contributed by atoms with Gasteiger partial charge in [-0.3, -0.25) is 10.1 Å². The van der Waals surface area contributed by atoms with Crippen molar-refractivity contribution in [2.24, 2.45) is 0 Å². The highest BCUT2D eigenvalue weighted by atomic mass is 16.6. The lowest BCUT2D eigenvalue weighted by molar-refractivity contribution is -0.383. The van der Waals surface area contributed by atoms with Crippen molar-refractivity contribution < 1.29 is 4.92 Å². The monoisotopic (exact) mass is 288 g/mol. The van der Waals surface area contributed by atoms with Crippen molar-refractivity contribution in [2.75, 3.05) is 11.9 Å². The molecule has 1 N–H and O–H groups in total. The average molecular weight is 288 g/mol. The molecule has 0 atom stereocenters. The van der Waals surface area contributed by atoms with Crippen LogP contribution in [-0.2, 0) is 6.42 Å². The van der Waals surface area contributed by atoms with Gasteiger partial charge < -0.3 is 5.32 Å². The quantitative estimate of drug-likeness (QED) is 0.676. The number of hydrogen-bond acceptors (Lipinski definition) is 4. The number of hydrogen-bond donors (Lipinski definition) is 1. The van der Waals surface area contributed by atoms with Crippen LogP contribution in [0.15, 0.2) is 18.2 Å². The van der Waals surface area contributed by atoms with Gasteiger partial charge >= 0.3 is 5.69 Å². The van der Waals surface area contributed by atoms with Crippen molar-refractivity contribution in [3.63, 3.8) is 0 Å². The normalized spacial score (nSPS) is 10.7. The molecule has 0 aliphatic carbocycles. The topological polar surface area (TPSA) is 73.0 Å². The van der Waals surface area contributed by atoms with Gasteiger partial charge in [0.15, 0.2) is 0 Å². The van der Waals surface area contributed by atoms with Crippen molar-refractivity contribution in [1.82, 2.24) is 9.78 Å². The van der Waals surface area contributed by atoms with Gasteiger partial charge in [-0.2, -0.15) is 5.10 Å². The maximum absolute atomic E-state index is 11.5. The summed E-state index contributed by atoms with van der Waals surface area (Å²) in [7, 11) is 0. The molecule has 0 radical (unpaired) electrons. The lowest BCUT2D eigenvalue weighted by Gasteiger charge is -2.10. The SMILES string of the molecule is CCNc1cccc(-n2nc(C)c(CC)c2C)c1[N+](=O)[O-]. The zero-order valence-electron chi connectivity index (χ0n) is 12.8. The molecule has 0 spiro atoms. The Hall–Kier alpha value is -2.37. The number of aryl methyl sites for hydroxylation is 1. The number of aromatic nitrogens is 2. The Kier molecular flexibility index (Phi) is 4.26. The summed E-state index contributed by atoms with van der Waals surface area (Å²) in [5.74, 6) is 0. The number of nitrogens with zero attached hydrogens (tertiary/aromatic N) is 3. The van der Waals surface area contributed by atoms with Crippen LogP contribution in [0, 0.1) is 24.0 Å². The second kappa shape index (κ2) is 5.95. The highest BCUT2D eigenvalue weighted by Gasteiger charge is 2.23. The highest BCUT2D eigenvalue weighted by molar-refractivity contribution is 5.71. The number of nitro benzene ring substituents is 1. The first-order chi connectivity index (χ1) is 10.0. The molecule has 112 valence electrons. The lowest BCUT2D eigenvalue weighted by atomic mass is 10.1. The molecule has 0 fully saturated rings. The van der Waals surface area contributed by atoms with Crippen LogP contribution in [0.2, 0.25) is 0 Å². The zero-order chi connectivity index (χ0) is 15.6. The third-order valence-electron chi connectivity index (χ3n) is 3.59. The molecular weight excluding hydrogens is 268 g/mol. The van der Waals surface area contributed by atoms with Gasteiger partial charge in [-0.15, -0.1) is 0 Å². The number of nitro groups is 1. The molecule has 2 rings (SSSR count). The van der Waals surface area contributed by atoms with Gasteiger partial charge in [0, 0.05) is 12.2 Å². The van der Waals surface area contributed by atoms with Gasteiger partial charge in [0.2, 0.25) is 0 Å². The molecule has 0 saturated heterocycles. The molecule has 1 heterocycles. The maximum atomic E-state index is 11.5. The third kappa shape index (κ3) is 2.61. The molecule has 21 heavy (non-hydrogen) atoms. The minimum atomic E-state index is -0.352. The van der Waals surface area contributed by atoms with Gasteiger partial charge in [-0.1, -0.05) is 13.0 Å².